The van der Waals surface area contributed by atoms with Crippen molar-refractivity contribution in [1.82, 2.24) is 10.4 Å². The second-order valence-corrected chi connectivity index (χ2v) is 4.76. The molecule has 0 aliphatic carbocycles. The number of hydrazone groups is 1. The van der Waals surface area contributed by atoms with Crippen LogP contribution in [0.2, 0.25) is 0 Å². The molecule has 0 aromatic carbocycles. The van der Waals surface area contributed by atoms with E-state index in [4.69, 9.17) is 0 Å². The number of aromatic nitrogens is 1. The van der Waals surface area contributed by atoms with Crippen molar-refractivity contribution in [3.63, 3.8) is 0 Å². The van der Waals surface area contributed by atoms with E-state index in [2.05, 4.69) is 15.5 Å². The Kier molecular flexibility index (Phi) is 4.20. The van der Waals surface area contributed by atoms with Gasteiger partial charge < -0.3 is 0 Å². The van der Waals surface area contributed by atoms with Gasteiger partial charge in [-0.05, 0) is 30.5 Å². The van der Waals surface area contributed by atoms with E-state index in [1.54, 1.807) is 23.7 Å². The number of amides is 1. The van der Waals surface area contributed by atoms with Crippen LogP contribution in [0.5, 0.6) is 0 Å². The summed E-state index contributed by atoms with van der Waals surface area (Å²) in [5.74, 6) is -0.106. The van der Waals surface area contributed by atoms with Crippen molar-refractivity contribution in [1.29, 1.82) is 0 Å². The number of nitrogens with zero attached hydrogens (tertiary/aromatic N) is 2. The fraction of sp³-hybridized carbons (Fsp3) is 0.154. The minimum Gasteiger partial charge on any atom is -0.273 e. The summed E-state index contributed by atoms with van der Waals surface area (Å²) in [6.07, 6.45) is 3.76. The first kappa shape index (κ1) is 12.4. The van der Waals surface area contributed by atoms with Crippen LogP contribution in [0, 0.1) is 0 Å². The van der Waals surface area contributed by atoms with Gasteiger partial charge in [0.25, 0.3) is 0 Å². The number of hydrogen-bond donors (Lipinski definition) is 1. The van der Waals surface area contributed by atoms with Crippen LogP contribution in [-0.4, -0.2) is 16.6 Å². The lowest BCUT2D eigenvalue weighted by molar-refractivity contribution is -0.120. The Labute approximate surface area is 109 Å². The Hall–Kier alpha value is -2.01. The lowest BCUT2D eigenvalue weighted by Gasteiger charge is -2.01. The van der Waals surface area contributed by atoms with E-state index in [0.717, 1.165) is 16.2 Å². The molecule has 0 radical (unpaired) electrons. The van der Waals surface area contributed by atoms with Crippen LogP contribution in [0.25, 0.3) is 0 Å². The fourth-order valence-corrected chi connectivity index (χ4v) is 2.12. The summed E-state index contributed by atoms with van der Waals surface area (Å²) >= 11 is 1.56. The molecular formula is C13H13N3OS. The van der Waals surface area contributed by atoms with Gasteiger partial charge in [-0.3, -0.25) is 9.78 Å². The molecule has 92 valence electrons. The highest BCUT2D eigenvalue weighted by Gasteiger charge is 2.03. The quantitative estimate of drug-likeness (QED) is 0.676. The molecule has 2 heterocycles. The van der Waals surface area contributed by atoms with Gasteiger partial charge in [0, 0.05) is 22.8 Å². The molecule has 5 heteroatoms. The predicted octanol–water partition coefficient (Wildman–Crippen LogP) is 2.23. The Bertz CT molecular complexity index is 535. The van der Waals surface area contributed by atoms with Gasteiger partial charge in [0.05, 0.1) is 12.1 Å². The van der Waals surface area contributed by atoms with Crippen molar-refractivity contribution >= 4 is 23.0 Å². The van der Waals surface area contributed by atoms with Crippen LogP contribution in [0.3, 0.4) is 0 Å². The first-order chi connectivity index (χ1) is 8.75. The maximum atomic E-state index is 11.6. The van der Waals surface area contributed by atoms with Gasteiger partial charge in [-0.1, -0.05) is 6.07 Å². The molecule has 0 fully saturated rings. The number of nitrogens with one attached hydrogen (secondary N) is 1. The van der Waals surface area contributed by atoms with Crippen molar-refractivity contribution in [2.24, 2.45) is 5.10 Å². The topological polar surface area (TPSA) is 54.4 Å². The summed E-state index contributed by atoms with van der Waals surface area (Å²) in [7, 11) is 0. The van der Waals surface area contributed by atoms with Crippen molar-refractivity contribution in [3.8, 4) is 0 Å². The van der Waals surface area contributed by atoms with E-state index in [9.17, 15) is 4.79 Å². The highest BCUT2D eigenvalue weighted by molar-refractivity contribution is 7.10. The SMILES string of the molecule is CC(=NNC(=O)Cc1cccs1)c1ccncc1. The summed E-state index contributed by atoms with van der Waals surface area (Å²) in [5, 5.41) is 6.02. The maximum absolute atomic E-state index is 11.6. The van der Waals surface area contributed by atoms with Gasteiger partial charge >= 0.3 is 0 Å². The zero-order valence-electron chi connectivity index (χ0n) is 9.96. The Balaban J connectivity index is 1.92. The number of carbonyl (C=O) groups is 1. The molecule has 2 aromatic rings. The average molecular weight is 259 g/mol. The molecule has 2 rings (SSSR count). The molecule has 0 aliphatic heterocycles. The van der Waals surface area contributed by atoms with Gasteiger partial charge in [-0.15, -0.1) is 11.3 Å². The van der Waals surface area contributed by atoms with Crippen LogP contribution in [0.4, 0.5) is 0 Å². The van der Waals surface area contributed by atoms with Crippen molar-refractivity contribution in [2.75, 3.05) is 0 Å². The number of rotatable bonds is 4. The van der Waals surface area contributed by atoms with Crippen LogP contribution in [0.1, 0.15) is 17.4 Å². The third-order valence-corrected chi connectivity index (χ3v) is 3.24. The van der Waals surface area contributed by atoms with Crippen molar-refractivity contribution in [2.45, 2.75) is 13.3 Å². The monoisotopic (exact) mass is 259 g/mol. The largest absolute Gasteiger partial charge is 0.273 e. The van der Waals surface area contributed by atoms with E-state index in [1.165, 1.54) is 0 Å². The van der Waals surface area contributed by atoms with Gasteiger partial charge in [0.1, 0.15) is 0 Å². The molecule has 0 saturated carbocycles. The minimum atomic E-state index is -0.106. The van der Waals surface area contributed by atoms with Gasteiger partial charge in [0.2, 0.25) is 5.91 Å². The molecule has 0 spiro atoms. The van der Waals surface area contributed by atoms with E-state index in [-0.39, 0.29) is 5.91 Å². The van der Waals surface area contributed by atoms with Gasteiger partial charge in [-0.25, -0.2) is 5.43 Å². The zero-order chi connectivity index (χ0) is 12.8. The Morgan fingerprint density at radius 2 is 2.17 bits per heavy atom. The molecule has 0 aliphatic rings. The number of pyridine rings is 1. The average Bonchev–Trinajstić information content (AvgIpc) is 2.90. The summed E-state index contributed by atoms with van der Waals surface area (Å²) in [6, 6.07) is 7.57. The lowest BCUT2D eigenvalue weighted by atomic mass is 10.2. The molecule has 0 unspecified atom stereocenters. The van der Waals surface area contributed by atoms with Crippen LogP contribution < -0.4 is 5.43 Å². The third-order valence-electron chi connectivity index (χ3n) is 2.36. The molecular weight excluding hydrogens is 246 g/mol. The zero-order valence-corrected chi connectivity index (χ0v) is 10.8. The molecule has 0 saturated heterocycles. The number of carbonyl (C=O) groups excluding carboxylic acids is 1. The molecule has 4 nitrogen and oxygen atoms in total. The number of thiophene rings is 1. The fourth-order valence-electron chi connectivity index (χ4n) is 1.41. The Morgan fingerprint density at radius 3 is 2.83 bits per heavy atom. The lowest BCUT2D eigenvalue weighted by Crippen LogP contribution is -2.20. The highest BCUT2D eigenvalue weighted by Crippen LogP contribution is 2.08. The first-order valence-electron chi connectivity index (χ1n) is 5.51. The van der Waals surface area contributed by atoms with Crippen LogP contribution in [0.15, 0.2) is 47.1 Å². The van der Waals surface area contributed by atoms with Crippen molar-refractivity contribution in [3.05, 3.63) is 52.5 Å². The standard InChI is InChI=1S/C13H13N3OS/c1-10(11-4-6-14-7-5-11)15-16-13(17)9-12-3-2-8-18-12/h2-8H,9H2,1H3,(H,16,17). The second kappa shape index (κ2) is 6.07. The molecule has 1 amide bonds. The molecule has 0 atom stereocenters. The minimum absolute atomic E-state index is 0.106. The molecule has 1 N–H and O–H groups in total. The van der Waals surface area contributed by atoms with E-state index < -0.39 is 0 Å². The normalized spacial score (nSPS) is 11.3. The maximum Gasteiger partial charge on any atom is 0.245 e. The van der Waals surface area contributed by atoms with E-state index in [0.29, 0.717) is 6.42 Å². The number of hydrogen-bond acceptors (Lipinski definition) is 4. The second-order valence-electron chi connectivity index (χ2n) is 3.72. The third kappa shape index (κ3) is 3.49. The van der Waals surface area contributed by atoms with Crippen molar-refractivity contribution < 1.29 is 4.79 Å². The summed E-state index contributed by atoms with van der Waals surface area (Å²) < 4.78 is 0. The van der Waals surface area contributed by atoms with E-state index >= 15 is 0 Å². The summed E-state index contributed by atoms with van der Waals surface area (Å²) in [6.45, 7) is 1.85. The van der Waals surface area contributed by atoms with Crippen LogP contribution >= 0.6 is 11.3 Å². The Morgan fingerprint density at radius 1 is 1.39 bits per heavy atom. The first-order valence-corrected chi connectivity index (χ1v) is 6.39. The molecule has 18 heavy (non-hydrogen) atoms. The summed E-state index contributed by atoms with van der Waals surface area (Å²) in [4.78, 5) is 16.6. The molecule has 0 bridgehead atoms. The predicted molar refractivity (Wildman–Crippen MR) is 72.6 cm³/mol. The van der Waals surface area contributed by atoms with Crippen LogP contribution in [-0.2, 0) is 11.2 Å². The molecule has 2 aromatic heterocycles. The highest BCUT2D eigenvalue weighted by atomic mass is 32.1. The summed E-state index contributed by atoms with van der Waals surface area (Å²) in [5.41, 5.74) is 4.26. The smallest absolute Gasteiger partial charge is 0.245 e. The van der Waals surface area contributed by atoms with E-state index in [1.807, 2.05) is 36.6 Å². The van der Waals surface area contributed by atoms with Gasteiger partial charge in [0.15, 0.2) is 0 Å². The van der Waals surface area contributed by atoms with Gasteiger partial charge in [-0.2, -0.15) is 5.10 Å².